The van der Waals surface area contributed by atoms with Crippen LogP contribution < -0.4 is 22.5 Å². The van der Waals surface area contributed by atoms with Gasteiger partial charge in [0.2, 0.25) is 0 Å². The third-order valence-electron chi connectivity index (χ3n) is 8.90. The Morgan fingerprint density at radius 2 is 0.735 bits per heavy atom. The number of rotatable bonds is 4. The predicted octanol–water partition coefficient (Wildman–Crippen LogP) is 6.50. The molecule has 0 N–H and O–H groups in total. The van der Waals surface area contributed by atoms with Crippen molar-refractivity contribution in [3.63, 3.8) is 0 Å². The number of hydrogen-bond donors (Lipinski definition) is 0. The summed E-state index contributed by atoms with van der Waals surface area (Å²) >= 11 is 0. The van der Waals surface area contributed by atoms with Crippen LogP contribution in [0.2, 0.25) is 0 Å². The van der Waals surface area contributed by atoms with E-state index in [2.05, 4.69) is 0 Å². The summed E-state index contributed by atoms with van der Waals surface area (Å²) in [6.07, 6.45) is 0. The average Bonchev–Trinajstić information content (AvgIpc) is 3.50. The first-order valence-corrected chi connectivity index (χ1v) is 15.6. The van der Waals surface area contributed by atoms with Crippen molar-refractivity contribution in [1.29, 1.82) is 0 Å². The fraction of sp³-hybridized carbons (Fsp3) is 0. The fourth-order valence-electron chi connectivity index (χ4n) is 6.66. The van der Waals surface area contributed by atoms with E-state index in [1.165, 1.54) is 9.13 Å². The lowest BCUT2D eigenvalue weighted by Gasteiger charge is -2.14. The van der Waals surface area contributed by atoms with Crippen LogP contribution in [0.15, 0.2) is 169 Å². The number of nitrogens with zero attached hydrogens (tertiary/aromatic N) is 4. The molecular weight excluding hydrogens is 616 g/mol. The maximum atomic E-state index is 14.1. The van der Waals surface area contributed by atoms with Gasteiger partial charge in [-0.15, -0.1) is 0 Å². The molecule has 0 saturated heterocycles. The summed E-state index contributed by atoms with van der Waals surface area (Å²) in [4.78, 5) is 56.1. The van der Waals surface area contributed by atoms with Crippen molar-refractivity contribution in [2.45, 2.75) is 0 Å². The first-order valence-electron chi connectivity index (χ1n) is 15.6. The van der Waals surface area contributed by atoms with Crippen molar-refractivity contribution in [3.05, 3.63) is 187 Å². The molecule has 0 spiro atoms. The molecule has 0 bridgehead atoms. The van der Waals surface area contributed by atoms with Gasteiger partial charge in [0.05, 0.1) is 44.6 Å². The summed E-state index contributed by atoms with van der Waals surface area (Å²) < 4.78 is 11.5. The molecule has 0 radical (unpaired) electrons. The summed E-state index contributed by atoms with van der Waals surface area (Å²) in [5, 5.41) is 1.99. The van der Waals surface area contributed by atoms with Gasteiger partial charge in [0.15, 0.2) is 0 Å². The monoisotopic (exact) mass is 640 g/mol. The minimum atomic E-state index is -0.521. The van der Waals surface area contributed by atoms with Crippen LogP contribution >= 0.6 is 0 Å². The highest BCUT2D eigenvalue weighted by atomic mass is 16.3. The molecule has 0 fully saturated rings. The van der Waals surface area contributed by atoms with E-state index < -0.39 is 22.5 Å². The Morgan fingerprint density at radius 3 is 1.16 bits per heavy atom. The molecule has 9 rings (SSSR count). The van der Waals surface area contributed by atoms with Gasteiger partial charge in [0.1, 0.15) is 11.2 Å². The number of fused-ring (bicyclic) bond motifs is 5. The van der Waals surface area contributed by atoms with Crippen LogP contribution in [0.5, 0.6) is 0 Å². The largest absolute Gasteiger partial charge is 0.456 e. The van der Waals surface area contributed by atoms with E-state index in [9.17, 15) is 19.2 Å². The highest BCUT2D eigenvalue weighted by Crippen LogP contribution is 2.31. The van der Waals surface area contributed by atoms with Crippen LogP contribution in [-0.4, -0.2) is 18.3 Å². The summed E-state index contributed by atoms with van der Waals surface area (Å²) in [5.74, 6) is 0. The minimum absolute atomic E-state index is 0.348. The highest BCUT2D eigenvalue weighted by Gasteiger charge is 2.19. The van der Waals surface area contributed by atoms with Gasteiger partial charge >= 0.3 is 11.4 Å². The Balaban J connectivity index is 1.29. The standard InChI is InChI=1S/C40H24N4O5/c45-37-29-15-7-9-17-33(29)41(25-11-3-1-4-12-25)39(47)43(37)27-19-21-35-31(23-27)32-24-28(20-22-36(32)49-35)44-38(46)30-16-8-10-18-34(30)42(40(44)48)26-13-5-2-6-14-26/h1-24H. The second-order valence-electron chi connectivity index (χ2n) is 11.7. The molecule has 0 aliphatic heterocycles. The number of benzene rings is 6. The van der Waals surface area contributed by atoms with Gasteiger partial charge in [-0.3, -0.25) is 18.7 Å². The molecule has 6 aromatic carbocycles. The first kappa shape index (κ1) is 28.2. The lowest BCUT2D eigenvalue weighted by molar-refractivity contribution is 0.668. The molecule has 0 saturated carbocycles. The Kier molecular flexibility index (Phi) is 6.21. The zero-order valence-electron chi connectivity index (χ0n) is 25.7. The fourth-order valence-corrected chi connectivity index (χ4v) is 6.66. The first-order chi connectivity index (χ1) is 24.0. The predicted molar refractivity (Wildman–Crippen MR) is 191 cm³/mol. The van der Waals surface area contributed by atoms with E-state index in [1.807, 2.05) is 60.7 Å². The van der Waals surface area contributed by atoms with Crippen LogP contribution in [0.3, 0.4) is 0 Å². The van der Waals surface area contributed by atoms with Gasteiger partial charge < -0.3 is 4.42 Å². The topological polar surface area (TPSA) is 101 Å². The van der Waals surface area contributed by atoms with Crippen molar-refractivity contribution < 1.29 is 4.42 Å². The Bertz CT molecular complexity index is 2820. The number of hydrogen-bond acceptors (Lipinski definition) is 5. The van der Waals surface area contributed by atoms with Crippen LogP contribution in [0, 0.1) is 0 Å². The maximum absolute atomic E-state index is 14.1. The second-order valence-corrected chi connectivity index (χ2v) is 11.7. The van der Waals surface area contributed by atoms with Crippen molar-refractivity contribution >= 4 is 43.7 Å². The summed E-state index contributed by atoms with van der Waals surface area (Å²) in [5.41, 5.74) is 2.02. The molecule has 9 nitrogen and oxygen atoms in total. The molecule has 3 aromatic heterocycles. The number of aromatic nitrogens is 4. The zero-order chi connectivity index (χ0) is 33.2. The molecule has 234 valence electrons. The van der Waals surface area contributed by atoms with E-state index in [-0.39, 0.29) is 0 Å². The molecular formula is C40H24N4O5. The molecule has 49 heavy (non-hydrogen) atoms. The van der Waals surface area contributed by atoms with Crippen molar-refractivity contribution in [1.82, 2.24) is 18.3 Å². The lowest BCUT2D eigenvalue weighted by atomic mass is 10.1. The highest BCUT2D eigenvalue weighted by molar-refractivity contribution is 6.06. The average molecular weight is 641 g/mol. The van der Waals surface area contributed by atoms with Gasteiger partial charge in [-0.25, -0.2) is 18.7 Å². The van der Waals surface area contributed by atoms with E-state index >= 15 is 0 Å². The van der Waals surface area contributed by atoms with Gasteiger partial charge in [-0.1, -0.05) is 60.7 Å². The van der Waals surface area contributed by atoms with Crippen molar-refractivity contribution in [2.75, 3.05) is 0 Å². The third-order valence-corrected chi connectivity index (χ3v) is 8.90. The third kappa shape index (κ3) is 4.26. The van der Waals surface area contributed by atoms with E-state index in [0.717, 1.165) is 9.13 Å². The molecule has 0 atom stereocenters. The Hall–Kier alpha value is -7.00. The second kappa shape index (κ2) is 10.8. The molecule has 0 aliphatic rings. The molecule has 3 heterocycles. The summed E-state index contributed by atoms with van der Waals surface area (Å²) in [6, 6.07) is 42.6. The number of para-hydroxylation sites is 4. The van der Waals surface area contributed by atoms with E-state index in [0.29, 0.717) is 66.5 Å². The van der Waals surface area contributed by atoms with Gasteiger partial charge in [-0.2, -0.15) is 0 Å². The molecule has 9 heteroatoms. The molecule has 0 unspecified atom stereocenters. The van der Waals surface area contributed by atoms with Crippen molar-refractivity contribution in [2.24, 2.45) is 0 Å². The lowest BCUT2D eigenvalue weighted by Crippen LogP contribution is -2.38. The molecule has 9 aromatic rings. The van der Waals surface area contributed by atoms with Crippen LogP contribution in [0.1, 0.15) is 0 Å². The normalized spacial score (nSPS) is 11.6. The molecule has 0 amide bonds. The minimum Gasteiger partial charge on any atom is -0.456 e. The molecule has 0 aliphatic carbocycles. The maximum Gasteiger partial charge on any atom is 0.340 e. The van der Waals surface area contributed by atoms with Gasteiger partial charge in [0.25, 0.3) is 11.1 Å². The Labute approximate surface area is 276 Å². The Morgan fingerprint density at radius 1 is 0.347 bits per heavy atom. The quantitative estimate of drug-likeness (QED) is 0.219. The van der Waals surface area contributed by atoms with E-state index in [1.54, 1.807) is 84.9 Å². The number of furan rings is 1. The van der Waals surface area contributed by atoms with Crippen LogP contribution in [0.4, 0.5) is 0 Å². The SMILES string of the molecule is O=c1c2ccccc2n(-c2ccccc2)c(=O)n1-c1ccc2oc3ccc(-n4c(=O)c5ccccc5n(-c5ccccc5)c4=O)cc3c2c1. The van der Waals surface area contributed by atoms with E-state index in [4.69, 9.17) is 4.42 Å². The zero-order valence-corrected chi connectivity index (χ0v) is 25.7. The summed E-state index contributed by atoms with van der Waals surface area (Å²) in [7, 11) is 0. The van der Waals surface area contributed by atoms with Crippen LogP contribution in [0.25, 0.3) is 66.5 Å². The van der Waals surface area contributed by atoms with Crippen LogP contribution in [-0.2, 0) is 0 Å². The smallest absolute Gasteiger partial charge is 0.340 e. The van der Waals surface area contributed by atoms with Gasteiger partial charge in [-0.05, 0) is 84.9 Å². The van der Waals surface area contributed by atoms with Gasteiger partial charge in [0, 0.05) is 10.8 Å². The summed E-state index contributed by atoms with van der Waals surface area (Å²) in [6.45, 7) is 0. The van der Waals surface area contributed by atoms with Crippen molar-refractivity contribution in [3.8, 4) is 22.7 Å².